The van der Waals surface area contributed by atoms with Crippen LogP contribution in [0.2, 0.25) is 0 Å². The molecule has 8 heteroatoms. The van der Waals surface area contributed by atoms with Crippen molar-refractivity contribution in [3.63, 3.8) is 0 Å². The van der Waals surface area contributed by atoms with Gasteiger partial charge >= 0.3 is 5.97 Å². The van der Waals surface area contributed by atoms with Gasteiger partial charge in [0, 0.05) is 23.3 Å². The van der Waals surface area contributed by atoms with Gasteiger partial charge < -0.3 is 10.1 Å². The number of thiophene rings is 1. The van der Waals surface area contributed by atoms with Gasteiger partial charge in [0.05, 0.1) is 25.3 Å². The van der Waals surface area contributed by atoms with Crippen molar-refractivity contribution in [3.8, 4) is 0 Å². The number of benzene rings is 1. The van der Waals surface area contributed by atoms with E-state index in [-0.39, 0.29) is 37.0 Å². The predicted molar refractivity (Wildman–Crippen MR) is 99.3 cm³/mol. The van der Waals surface area contributed by atoms with E-state index in [0.717, 1.165) is 9.78 Å². The lowest BCUT2D eigenvalue weighted by atomic mass is 10.1. The molecular weight excluding hydrogens is 368 g/mol. The molecule has 3 amide bonds. The second-order valence-electron chi connectivity index (χ2n) is 5.99. The molecule has 0 spiro atoms. The Morgan fingerprint density at radius 3 is 2.37 bits per heavy atom. The van der Waals surface area contributed by atoms with Gasteiger partial charge in [-0.3, -0.25) is 24.1 Å². The highest BCUT2D eigenvalue weighted by Crippen LogP contribution is 2.25. The van der Waals surface area contributed by atoms with Crippen molar-refractivity contribution in [2.75, 3.05) is 12.0 Å². The van der Waals surface area contributed by atoms with Crippen molar-refractivity contribution < 1.29 is 23.9 Å². The molecule has 1 aromatic carbocycles. The summed E-state index contributed by atoms with van der Waals surface area (Å²) in [6.07, 6.45) is 0.436. The first-order chi connectivity index (χ1) is 13.0. The molecule has 1 aliphatic heterocycles. The van der Waals surface area contributed by atoms with Crippen LogP contribution >= 0.6 is 11.3 Å². The Kier molecular flexibility index (Phi) is 5.66. The van der Waals surface area contributed by atoms with E-state index in [0.29, 0.717) is 11.3 Å². The zero-order chi connectivity index (χ0) is 19.4. The topological polar surface area (TPSA) is 92.8 Å². The first kappa shape index (κ1) is 18.8. The van der Waals surface area contributed by atoms with Crippen LogP contribution in [0.4, 0.5) is 5.69 Å². The van der Waals surface area contributed by atoms with Gasteiger partial charge in [-0.25, -0.2) is 0 Å². The molecule has 0 bridgehead atoms. The number of nitrogens with one attached hydrogen (secondary N) is 1. The fourth-order valence-electron chi connectivity index (χ4n) is 2.83. The van der Waals surface area contributed by atoms with E-state index >= 15 is 0 Å². The molecule has 1 aliphatic rings. The van der Waals surface area contributed by atoms with Crippen LogP contribution in [0, 0.1) is 0 Å². The Labute approximate surface area is 159 Å². The molecule has 2 aromatic rings. The normalized spacial score (nSPS) is 14.9. The minimum Gasteiger partial charge on any atom is -0.469 e. The third kappa shape index (κ3) is 4.22. The second kappa shape index (κ2) is 8.13. The molecule has 0 aliphatic carbocycles. The Balaban J connectivity index is 1.73. The number of anilines is 1. The van der Waals surface area contributed by atoms with Gasteiger partial charge in [0.15, 0.2) is 0 Å². The van der Waals surface area contributed by atoms with Crippen molar-refractivity contribution in [3.05, 3.63) is 52.2 Å². The summed E-state index contributed by atoms with van der Waals surface area (Å²) in [5.74, 6) is -1.26. The molecule has 7 nitrogen and oxygen atoms in total. The van der Waals surface area contributed by atoms with E-state index < -0.39 is 12.0 Å². The average molecular weight is 386 g/mol. The van der Waals surface area contributed by atoms with Gasteiger partial charge in [-0.05, 0) is 35.7 Å². The van der Waals surface area contributed by atoms with Crippen LogP contribution in [0.3, 0.4) is 0 Å². The number of rotatable bonds is 6. The molecule has 0 saturated carbocycles. The predicted octanol–water partition coefficient (Wildman–Crippen LogP) is 2.44. The lowest BCUT2D eigenvalue weighted by Crippen LogP contribution is -2.30. The summed E-state index contributed by atoms with van der Waals surface area (Å²) in [5.41, 5.74) is 0.813. The van der Waals surface area contributed by atoms with Crippen LogP contribution in [-0.2, 0) is 19.1 Å². The summed E-state index contributed by atoms with van der Waals surface area (Å²) in [7, 11) is 1.30. The van der Waals surface area contributed by atoms with E-state index in [1.807, 2.05) is 17.5 Å². The largest absolute Gasteiger partial charge is 0.469 e. The summed E-state index contributed by atoms with van der Waals surface area (Å²) >= 11 is 1.44. The monoisotopic (exact) mass is 386 g/mol. The van der Waals surface area contributed by atoms with Crippen LogP contribution < -0.4 is 10.2 Å². The lowest BCUT2D eigenvalue weighted by Gasteiger charge is -2.17. The highest BCUT2D eigenvalue weighted by Gasteiger charge is 2.30. The Morgan fingerprint density at radius 2 is 1.81 bits per heavy atom. The number of nitrogens with zero attached hydrogens (tertiary/aromatic N) is 1. The van der Waals surface area contributed by atoms with Crippen LogP contribution in [0.1, 0.15) is 40.5 Å². The number of hydrogen-bond donors (Lipinski definition) is 1. The van der Waals surface area contributed by atoms with E-state index in [4.69, 9.17) is 4.74 Å². The number of imide groups is 1. The van der Waals surface area contributed by atoms with Crippen molar-refractivity contribution in [2.24, 2.45) is 0 Å². The SMILES string of the molecule is COC(=O)CC(NC(=O)c1ccc(N2C(=O)CCC2=O)cc1)c1cccs1. The molecule has 27 heavy (non-hydrogen) atoms. The number of carbonyl (C=O) groups is 4. The molecule has 140 valence electrons. The molecule has 1 fully saturated rings. The first-order valence-corrected chi connectivity index (χ1v) is 9.24. The van der Waals surface area contributed by atoms with Gasteiger partial charge in [-0.2, -0.15) is 0 Å². The molecule has 1 N–H and O–H groups in total. The Hall–Kier alpha value is -3.00. The van der Waals surface area contributed by atoms with Crippen LogP contribution in [0.15, 0.2) is 41.8 Å². The van der Waals surface area contributed by atoms with Crippen LogP contribution in [0.25, 0.3) is 0 Å². The Morgan fingerprint density at radius 1 is 1.15 bits per heavy atom. The number of ether oxygens (including phenoxy) is 1. The minimum absolute atomic E-state index is 0.0254. The number of amides is 3. The van der Waals surface area contributed by atoms with E-state index in [2.05, 4.69) is 5.32 Å². The zero-order valence-electron chi connectivity index (χ0n) is 14.6. The molecule has 1 unspecified atom stereocenters. The van der Waals surface area contributed by atoms with Crippen molar-refractivity contribution >= 4 is 40.7 Å². The number of esters is 1. The number of carbonyl (C=O) groups excluding carboxylic acids is 4. The smallest absolute Gasteiger partial charge is 0.307 e. The maximum atomic E-state index is 12.6. The second-order valence-corrected chi connectivity index (χ2v) is 6.97. The molecule has 1 aromatic heterocycles. The third-order valence-electron chi connectivity index (χ3n) is 4.23. The van der Waals surface area contributed by atoms with Gasteiger partial charge in [-0.1, -0.05) is 6.07 Å². The van der Waals surface area contributed by atoms with Crippen molar-refractivity contribution in [1.29, 1.82) is 0 Å². The zero-order valence-corrected chi connectivity index (χ0v) is 15.5. The standard InChI is InChI=1S/C19H18N2O5S/c1-26-18(24)11-14(15-3-2-10-27-15)20-19(25)12-4-6-13(7-5-12)21-16(22)8-9-17(21)23/h2-7,10,14H,8-9,11H2,1H3,(H,20,25). The third-order valence-corrected chi connectivity index (χ3v) is 5.22. The Bertz CT molecular complexity index is 845. The maximum absolute atomic E-state index is 12.6. The number of hydrogen-bond acceptors (Lipinski definition) is 6. The number of methoxy groups -OCH3 is 1. The molecule has 1 atom stereocenters. The fraction of sp³-hybridized carbons (Fsp3) is 0.263. The highest BCUT2D eigenvalue weighted by atomic mass is 32.1. The average Bonchev–Trinajstić information content (AvgIpc) is 3.31. The summed E-state index contributed by atoms with van der Waals surface area (Å²) in [6.45, 7) is 0. The van der Waals surface area contributed by atoms with E-state index in [1.165, 1.54) is 18.4 Å². The van der Waals surface area contributed by atoms with Gasteiger partial charge in [0.1, 0.15) is 0 Å². The van der Waals surface area contributed by atoms with Gasteiger partial charge in [0.2, 0.25) is 11.8 Å². The quantitative estimate of drug-likeness (QED) is 0.608. The van der Waals surface area contributed by atoms with Gasteiger partial charge in [0.25, 0.3) is 5.91 Å². The summed E-state index contributed by atoms with van der Waals surface area (Å²) < 4.78 is 4.70. The van der Waals surface area contributed by atoms with E-state index in [1.54, 1.807) is 24.3 Å². The summed E-state index contributed by atoms with van der Waals surface area (Å²) in [5, 5.41) is 4.70. The molecule has 3 rings (SSSR count). The molecule has 0 radical (unpaired) electrons. The summed E-state index contributed by atoms with van der Waals surface area (Å²) in [4.78, 5) is 49.8. The lowest BCUT2D eigenvalue weighted by molar-refractivity contribution is -0.141. The maximum Gasteiger partial charge on any atom is 0.307 e. The van der Waals surface area contributed by atoms with Crippen molar-refractivity contribution in [1.82, 2.24) is 5.32 Å². The van der Waals surface area contributed by atoms with Gasteiger partial charge in [-0.15, -0.1) is 11.3 Å². The van der Waals surface area contributed by atoms with E-state index in [9.17, 15) is 19.2 Å². The highest BCUT2D eigenvalue weighted by molar-refractivity contribution is 7.10. The van der Waals surface area contributed by atoms with Crippen molar-refractivity contribution in [2.45, 2.75) is 25.3 Å². The molecule has 2 heterocycles. The molecular formula is C19H18N2O5S. The van der Waals surface area contributed by atoms with Crippen LogP contribution in [0.5, 0.6) is 0 Å². The first-order valence-electron chi connectivity index (χ1n) is 8.36. The summed E-state index contributed by atoms with van der Waals surface area (Å²) in [6, 6.07) is 9.42. The van der Waals surface area contributed by atoms with Crippen LogP contribution in [-0.4, -0.2) is 30.8 Å². The molecule has 1 saturated heterocycles. The fourth-order valence-corrected chi connectivity index (χ4v) is 3.61. The minimum atomic E-state index is -0.494.